The lowest BCUT2D eigenvalue weighted by atomic mass is 10.1. The summed E-state index contributed by atoms with van der Waals surface area (Å²) < 4.78 is 7.71. The maximum atomic E-state index is 6.27. The van der Waals surface area contributed by atoms with Gasteiger partial charge in [-0.25, -0.2) is 4.98 Å². The number of oxazole rings is 1. The number of nitrogens with two attached hydrogens (primary N) is 1. The number of para-hydroxylation sites is 2. The van der Waals surface area contributed by atoms with Crippen molar-refractivity contribution in [2.75, 3.05) is 0 Å². The van der Waals surface area contributed by atoms with Crippen molar-refractivity contribution < 1.29 is 4.42 Å². The summed E-state index contributed by atoms with van der Waals surface area (Å²) in [6, 6.07) is 13.5. The van der Waals surface area contributed by atoms with Crippen LogP contribution in [0.3, 0.4) is 0 Å². The first-order valence-corrected chi connectivity index (χ1v) is 7.77. The van der Waals surface area contributed by atoms with Gasteiger partial charge in [-0.2, -0.15) is 0 Å². The van der Waals surface area contributed by atoms with Gasteiger partial charge < -0.3 is 10.2 Å². The van der Waals surface area contributed by atoms with E-state index in [0.29, 0.717) is 12.3 Å². The molecule has 2 aromatic carbocycles. The quantitative estimate of drug-likeness (QED) is 0.705. The molecule has 3 aromatic rings. The van der Waals surface area contributed by atoms with E-state index < -0.39 is 0 Å². The molecule has 0 saturated carbocycles. The molecule has 0 aliphatic heterocycles. The molecule has 0 aliphatic rings. The van der Waals surface area contributed by atoms with Crippen LogP contribution >= 0.6 is 31.9 Å². The molecule has 3 nitrogen and oxygen atoms in total. The van der Waals surface area contributed by atoms with Crippen LogP contribution in [-0.2, 0) is 6.42 Å². The summed E-state index contributed by atoms with van der Waals surface area (Å²) in [6.45, 7) is 0. The highest BCUT2D eigenvalue weighted by atomic mass is 79.9. The van der Waals surface area contributed by atoms with Gasteiger partial charge in [0.05, 0.1) is 0 Å². The first-order valence-electron chi connectivity index (χ1n) is 6.18. The molecule has 0 bridgehead atoms. The maximum Gasteiger partial charge on any atom is 0.197 e. The van der Waals surface area contributed by atoms with Crippen LogP contribution < -0.4 is 5.73 Å². The van der Waals surface area contributed by atoms with E-state index in [1.54, 1.807) is 0 Å². The lowest BCUT2D eigenvalue weighted by Crippen LogP contribution is -2.14. The summed E-state index contributed by atoms with van der Waals surface area (Å²) in [4.78, 5) is 4.46. The lowest BCUT2D eigenvalue weighted by Gasteiger charge is -2.12. The zero-order valence-corrected chi connectivity index (χ0v) is 13.7. The third-order valence-corrected chi connectivity index (χ3v) is 4.31. The molecule has 0 fully saturated rings. The highest BCUT2D eigenvalue weighted by Gasteiger charge is 2.15. The predicted octanol–water partition coefficient (Wildman–Crippen LogP) is 4.60. The van der Waals surface area contributed by atoms with E-state index in [0.717, 1.165) is 25.6 Å². The van der Waals surface area contributed by atoms with E-state index >= 15 is 0 Å². The summed E-state index contributed by atoms with van der Waals surface area (Å²) in [5, 5.41) is 0. The Morgan fingerprint density at radius 1 is 1.15 bits per heavy atom. The second kappa shape index (κ2) is 5.68. The zero-order valence-electron chi connectivity index (χ0n) is 10.5. The lowest BCUT2D eigenvalue weighted by molar-refractivity contribution is 0.502. The van der Waals surface area contributed by atoms with Gasteiger partial charge in [-0.05, 0) is 35.9 Å². The minimum Gasteiger partial charge on any atom is -0.441 e. The Morgan fingerprint density at radius 3 is 2.75 bits per heavy atom. The number of nitrogens with zero attached hydrogens (tertiary/aromatic N) is 1. The van der Waals surface area contributed by atoms with Crippen LogP contribution in [0.25, 0.3) is 11.1 Å². The molecular weight excluding hydrogens is 384 g/mol. The number of hydrogen-bond donors (Lipinski definition) is 1. The summed E-state index contributed by atoms with van der Waals surface area (Å²) in [5.74, 6) is 0.658. The highest BCUT2D eigenvalue weighted by molar-refractivity contribution is 9.11. The molecule has 3 rings (SSSR count). The van der Waals surface area contributed by atoms with E-state index in [-0.39, 0.29) is 6.04 Å². The Hall–Kier alpha value is -1.17. The molecule has 20 heavy (non-hydrogen) atoms. The van der Waals surface area contributed by atoms with Crippen molar-refractivity contribution in [1.29, 1.82) is 0 Å². The van der Waals surface area contributed by atoms with Crippen molar-refractivity contribution in [2.24, 2.45) is 5.73 Å². The average molecular weight is 396 g/mol. The largest absolute Gasteiger partial charge is 0.441 e. The number of rotatable bonds is 3. The van der Waals surface area contributed by atoms with E-state index in [1.807, 2.05) is 42.5 Å². The van der Waals surface area contributed by atoms with Gasteiger partial charge in [0.1, 0.15) is 5.52 Å². The van der Waals surface area contributed by atoms with Gasteiger partial charge >= 0.3 is 0 Å². The molecule has 1 unspecified atom stereocenters. The zero-order chi connectivity index (χ0) is 14.1. The Bertz CT molecular complexity index is 721. The normalized spacial score (nSPS) is 12.8. The Kier molecular flexibility index (Phi) is 3.92. The third kappa shape index (κ3) is 2.80. The molecule has 0 saturated heterocycles. The van der Waals surface area contributed by atoms with Gasteiger partial charge in [-0.1, -0.05) is 44.0 Å². The molecular formula is C15H12Br2N2O. The van der Waals surface area contributed by atoms with Crippen molar-refractivity contribution in [1.82, 2.24) is 4.98 Å². The fraction of sp³-hybridized carbons (Fsp3) is 0.133. The number of aromatic nitrogens is 1. The van der Waals surface area contributed by atoms with E-state index in [2.05, 4.69) is 36.8 Å². The van der Waals surface area contributed by atoms with Gasteiger partial charge in [0.2, 0.25) is 0 Å². The second-order valence-electron chi connectivity index (χ2n) is 4.55. The Morgan fingerprint density at radius 2 is 1.95 bits per heavy atom. The molecule has 5 heteroatoms. The number of fused-ring (bicyclic) bond motifs is 1. The van der Waals surface area contributed by atoms with Crippen LogP contribution in [0.1, 0.15) is 17.5 Å². The molecule has 0 radical (unpaired) electrons. The average Bonchev–Trinajstić information content (AvgIpc) is 2.83. The molecule has 1 heterocycles. The molecule has 1 aromatic heterocycles. The minimum atomic E-state index is -0.171. The fourth-order valence-corrected chi connectivity index (χ4v) is 3.02. The smallest absolute Gasteiger partial charge is 0.197 e. The third-order valence-electron chi connectivity index (χ3n) is 3.09. The van der Waals surface area contributed by atoms with Gasteiger partial charge in [-0.15, -0.1) is 0 Å². The van der Waals surface area contributed by atoms with Crippen molar-refractivity contribution >= 4 is 43.0 Å². The Labute approximate surface area is 133 Å². The first-order chi connectivity index (χ1) is 9.63. The van der Waals surface area contributed by atoms with Gasteiger partial charge in [-0.3, -0.25) is 0 Å². The Balaban J connectivity index is 1.88. The SMILES string of the molecule is NC(Cc1nc2ccccc2o1)c1cc(Br)ccc1Br. The molecule has 102 valence electrons. The number of halogens is 2. The maximum absolute atomic E-state index is 6.27. The van der Waals surface area contributed by atoms with Crippen LogP contribution in [0.5, 0.6) is 0 Å². The van der Waals surface area contributed by atoms with Gasteiger partial charge in [0.15, 0.2) is 11.5 Å². The van der Waals surface area contributed by atoms with E-state index in [1.165, 1.54) is 0 Å². The summed E-state index contributed by atoms with van der Waals surface area (Å²) in [5.41, 5.74) is 8.96. The van der Waals surface area contributed by atoms with Crippen LogP contribution in [0.2, 0.25) is 0 Å². The molecule has 0 spiro atoms. The summed E-state index contributed by atoms with van der Waals surface area (Å²) >= 11 is 6.99. The van der Waals surface area contributed by atoms with Crippen molar-refractivity contribution in [3.05, 3.63) is 62.9 Å². The van der Waals surface area contributed by atoms with Crippen molar-refractivity contribution in [3.8, 4) is 0 Å². The fourth-order valence-electron chi connectivity index (χ4n) is 2.10. The van der Waals surface area contributed by atoms with E-state index in [4.69, 9.17) is 10.2 Å². The molecule has 1 atom stereocenters. The van der Waals surface area contributed by atoms with Gasteiger partial charge in [0, 0.05) is 21.4 Å². The van der Waals surface area contributed by atoms with Crippen LogP contribution in [-0.4, -0.2) is 4.98 Å². The van der Waals surface area contributed by atoms with Gasteiger partial charge in [0.25, 0.3) is 0 Å². The highest BCUT2D eigenvalue weighted by Crippen LogP contribution is 2.28. The monoisotopic (exact) mass is 394 g/mol. The minimum absolute atomic E-state index is 0.171. The first kappa shape index (κ1) is 13.8. The summed E-state index contributed by atoms with van der Waals surface area (Å²) in [6.07, 6.45) is 0.559. The standard InChI is InChI=1S/C15H12Br2N2O/c16-9-5-6-11(17)10(7-9)12(18)8-15-19-13-3-1-2-4-14(13)20-15/h1-7,12H,8,18H2. The molecule has 0 aliphatic carbocycles. The van der Waals surface area contributed by atoms with Crippen LogP contribution in [0.15, 0.2) is 55.8 Å². The number of benzene rings is 2. The van der Waals surface area contributed by atoms with E-state index in [9.17, 15) is 0 Å². The predicted molar refractivity (Wildman–Crippen MR) is 86.5 cm³/mol. The van der Waals surface area contributed by atoms with Crippen molar-refractivity contribution in [2.45, 2.75) is 12.5 Å². The topological polar surface area (TPSA) is 52.0 Å². The van der Waals surface area contributed by atoms with Crippen LogP contribution in [0, 0.1) is 0 Å². The van der Waals surface area contributed by atoms with Crippen molar-refractivity contribution in [3.63, 3.8) is 0 Å². The molecule has 2 N–H and O–H groups in total. The van der Waals surface area contributed by atoms with Crippen LogP contribution in [0.4, 0.5) is 0 Å². The number of hydrogen-bond acceptors (Lipinski definition) is 3. The summed E-state index contributed by atoms with van der Waals surface area (Å²) in [7, 11) is 0. The molecule has 0 amide bonds. The second-order valence-corrected chi connectivity index (χ2v) is 6.32.